The number of hydrogen-bond donors (Lipinski definition) is 1. The first-order chi connectivity index (χ1) is 13.6. The number of fused-ring (bicyclic) bond motifs is 1. The lowest BCUT2D eigenvalue weighted by atomic mass is 10.1. The quantitative estimate of drug-likeness (QED) is 0.725. The molecule has 8 heteroatoms. The fourth-order valence-electron chi connectivity index (χ4n) is 3.53. The number of hydrogen-bond acceptors (Lipinski definition) is 5. The van der Waals surface area contributed by atoms with Gasteiger partial charge in [0.2, 0.25) is 5.91 Å². The molecule has 0 radical (unpaired) electrons. The molecule has 4 heterocycles. The Bertz CT molecular complexity index is 1000. The molecule has 0 aliphatic carbocycles. The van der Waals surface area contributed by atoms with Crippen molar-refractivity contribution in [3.63, 3.8) is 0 Å². The zero-order chi connectivity index (χ0) is 19.5. The molecule has 1 atom stereocenters. The van der Waals surface area contributed by atoms with Crippen LogP contribution in [-0.4, -0.2) is 55.9 Å². The van der Waals surface area contributed by atoms with E-state index in [9.17, 15) is 9.59 Å². The minimum atomic E-state index is -0.144. The Kier molecular flexibility index (Phi) is 5.01. The number of carbonyl (C=O) groups is 2. The number of rotatable bonds is 5. The summed E-state index contributed by atoms with van der Waals surface area (Å²) in [7, 11) is 0. The average molecular weight is 378 g/mol. The number of nitrogens with zero attached hydrogens (tertiary/aromatic N) is 5. The van der Waals surface area contributed by atoms with E-state index in [0.717, 1.165) is 24.5 Å². The maximum atomic E-state index is 12.5. The van der Waals surface area contributed by atoms with Gasteiger partial charge in [-0.1, -0.05) is 6.07 Å². The van der Waals surface area contributed by atoms with Crippen molar-refractivity contribution in [3.05, 3.63) is 59.8 Å². The van der Waals surface area contributed by atoms with Crippen LogP contribution in [0.4, 0.5) is 0 Å². The number of amides is 2. The first-order valence-electron chi connectivity index (χ1n) is 9.40. The summed E-state index contributed by atoms with van der Waals surface area (Å²) in [6.45, 7) is 3.45. The molecule has 28 heavy (non-hydrogen) atoms. The molecule has 0 saturated carbocycles. The zero-order valence-corrected chi connectivity index (χ0v) is 15.7. The highest BCUT2D eigenvalue weighted by atomic mass is 16.2. The average Bonchev–Trinajstić information content (AvgIpc) is 3.35. The van der Waals surface area contributed by atoms with Crippen molar-refractivity contribution >= 4 is 17.5 Å². The third kappa shape index (κ3) is 3.71. The fraction of sp³-hybridized carbons (Fsp3) is 0.350. The van der Waals surface area contributed by atoms with E-state index in [4.69, 9.17) is 0 Å². The summed E-state index contributed by atoms with van der Waals surface area (Å²) in [5, 5.41) is 11.4. The highest BCUT2D eigenvalue weighted by Crippen LogP contribution is 2.26. The first-order valence-corrected chi connectivity index (χ1v) is 9.40. The molecule has 1 saturated heterocycles. The second-order valence-corrected chi connectivity index (χ2v) is 6.98. The predicted molar refractivity (Wildman–Crippen MR) is 103 cm³/mol. The van der Waals surface area contributed by atoms with Gasteiger partial charge in [-0.15, -0.1) is 10.2 Å². The van der Waals surface area contributed by atoms with Gasteiger partial charge in [0.15, 0.2) is 5.65 Å². The molecule has 1 aliphatic rings. The molecule has 8 nitrogen and oxygen atoms in total. The van der Waals surface area contributed by atoms with Crippen molar-refractivity contribution in [1.82, 2.24) is 29.8 Å². The van der Waals surface area contributed by atoms with Crippen LogP contribution in [0.5, 0.6) is 0 Å². The van der Waals surface area contributed by atoms with Crippen molar-refractivity contribution in [3.8, 4) is 0 Å². The third-order valence-electron chi connectivity index (χ3n) is 5.08. The number of nitrogens with one attached hydrogen (secondary N) is 1. The molecule has 2 amide bonds. The second kappa shape index (κ2) is 7.75. The molecule has 144 valence electrons. The first kappa shape index (κ1) is 18.1. The molecule has 0 spiro atoms. The van der Waals surface area contributed by atoms with Crippen LogP contribution in [0.25, 0.3) is 5.65 Å². The van der Waals surface area contributed by atoms with Crippen molar-refractivity contribution in [2.45, 2.75) is 25.7 Å². The van der Waals surface area contributed by atoms with Gasteiger partial charge in [-0.05, 0) is 30.7 Å². The molecule has 4 rings (SSSR count). The molecule has 1 N–H and O–H groups in total. The summed E-state index contributed by atoms with van der Waals surface area (Å²) in [6, 6.07) is 9.28. The van der Waals surface area contributed by atoms with E-state index in [1.165, 1.54) is 0 Å². The molecule has 3 aromatic rings. The van der Waals surface area contributed by atoms with Gasteiger partial charge in [0, 0.05) is 57.0 Å². The number of pyridine rings is 2. The maximum absolute atomic E-state index is 12.5. The van der Waals surface area contributed by atoms with Crippen molar-refractivity contribution < 1.29 is 9.59 Å². The van der Waals surface area contributed by atoms with Gasteiger partial charge >= 0.3 is 0 Å². The van der Waals surface area contributed by atoms with E-state index < -0.39 is 0 Å². The maximum Gasteiger partial charge on any atom is 0.252 e. The van der Waals surface area contributed by atoms with Crippen LogP contribution in [0.2, 0.25) is 0 Å². The lowest BCUT2D eigenvalue weighted by Crippen LogP contribution is -2.26. The van der Waals surface area contributed by atoms with Crippen molar-refractivity contribution in [2.24, 2.45) is 0 Å². The molecule has 1 fully saturated rings. The van der Waals surface area contributed by atoms with Crippen molar-refractivity contribution in [1.29, 1.82) is 0 Å². The Morgan fingerprint density at radius 2 is 2.11 bits per heavy atom. The smallest absolute Gasteiger partial charge is 0.252 e. The van der Waals surface area contributed by atoms with Crippen molar-refractivity contribution in [2.75, 3.05) is 19.6 Å². The van der Waals surface area contributed by atoms with Crippen LogP contribution in [-0.2, 0) is 11.2 Å². The minimum Gasteiger partial charge on any atom is -0.352 e. The largest absolute Gasteiger partial charge is 0.352 e. The van der Waals surface area contributed by atoms with Gasteiger partial charge in [0.05, 0.1) is 5.56 Å². The van der Waals surface area contributed by atoms with Crippen LogP contribution >= 0.6 is 0 Å². The highest BCUT2D eigenvalue weighted by molar-refractivity contribution is 5.94. The Morgan fingerprint density at radius 1 is 1.21 bits per heavy atom. The van der Waals surface area contributed by atoms with Crippen LogP contribution in [0.1, 0.15) is 41.1 Å². The summed E-state index contributed by atoms with van der Waals surface area (Å²) in [6.07, 6.45) is 5.04. The molecular formula is C20H22N6O2. The van der Waals surface area contributed by atoms with E-state index >= 15 is 0 Å². The summed E-state index contributed by atoms with van der Waals surface area (Å²) in [5.74, 6) is 0.849. The predicted octanol–water partition coefficient (Wildman–Crippen LogP) is 1.43. The molecule has 1 unspecified atom stereocenters. The van der Waals surface area contributed by atoms with Crippen LogP contribution in [0.3, 0.4) is 0 Å². The molecule has 0 aromatic carbocycles. The van der Waals surface area contributed by atoms with Gasteiger partial charge in [0.25, 0.3) is 5.91 Å². The number of likely N-dealkylation sites (tertiary alicyclic amines) is 1. The van der Waals surface area contributed by atoms with Crippen LogP contribution < -0.4 is 5.32 Å². The normalized spacial score (nSPS) is 16.5. The standard InChI is InChI=1S/C20H22N6O2/c1-14(27)25-11-8-15(12-25)19-24-23-18-6-5-16(13-26(18)19)20(28)22-10-7-17-4-2-3-9-21-17/h2-6,9,13,15H,7-8,10-12H2,1H3,(H,22,28). The van der Waals surface area contributed by atoms with E-state index in [1.54, 1.807) is 31.5 Å². The van der Waals surface area contributed by atoms with Gasteiger partial charge in [-0.2, -0.15) is 0 Å². The Balaban J connectivity index is 1.46. The second-order valence-electron chi connectivity index (χ2n) is 6.98. The summed E-state index contributed by atoms with van der Waals surface area (Å²) < 4.78 is 1.86. The zero-order valence-electron chi connectivity index (χ0n) is 15.7. The van der Waals surface area contributed by atoms with Gasteiger partial charge in [-0.25, -0.2) is 0 Å². The molecule has 3 aromatic heterocycles. The van der Waals surface area contributed by atoms with Gasteiger partial charge in [-0.3, -0.25) is 19.0 Å². The molecular weight excluding hydrogens is 356 g/mol. The third-order valence-corrected chi connectivity index (χ3v) is 5.08. The summed E-state index contributed by atoms with van der Waals surface area (Å²) in [5.41, 5.74) is 2.19. The summed E-state index contributed by atoms with van der Waals surface area (Å²) >= 11 is 0. The molecule has 0 bridgehead atoms. The Labute approximate surface area is 162 Å². The topological polar surface area (TPSA) is 92.5 Å². The van der Waals surface area contributed by atoms with E-state index in [-0.39, 0.29) is 17.7 Å². The fourth-order valence-corrected chi connectivity index (χ4v) is 3.53. The molecule has 1 aliphatic heterocycles. The van der Waals surface area contributed by atoms with Gasteiger partial charge in [0.1, 0.15) is 5.82 Å². The van der Waals surface area contributed by atoms with Gasteiger partial charge < -0.3 is 10.2 Å². The lowest BCUT2D eigenvalue weighted by Gasteiger charge is -2.13. The van der Waals surface area contributed by atoms with E-state index in [1.807, 2.05) is 27.5 Å². The van der Waals surface area contributed by atoms with Crippen LogP contribution in [0.15, 0.2) is 42.7 Å². The monoisotopic (exact) mass is 378 g/mol. The highest BCUT2D eigenvalue weighted by Gasteiger charge is 2.29. The Hall–Kier alpha value is -3.29. The number of aromatic nitrogens is 4. The van der Waals surface area contributed by atoms with Crippen LogP contribution in [0, 0.1) is 0 Å². The van der Waals surface area contributed by atoms with E-state index in [2.05, 4.69) is 20.5 Å². The minimum absolute atomic E-state index is 0.0734. The lowest BCUT2D eigenvalue weighted by molar-refractivity contribution is -0.127. The number of carbonyl (C=O) groups excluding carboxylic acids is 2. The van der Waals surface area contributed by atoms with E-state index in [0.29, 0.717) is 30.7 Å². The summed E-state index contributed by atoms with van der Waals surface area (Å²) in [4.78, 5) is 30.2. The Morgan fingerprint density at radius 3 is 2.86 bits per heavy atom. The SMILES string of the molecule is CC(=O)N1CCC(c2nnc3ccc(C(=O)NCCc4ccccn4)cn23)C1.